The summed E-state index contributed by atoms with van der Waals surface area (Å²) in [5.74, 6) is 0.413. The first-order valence-corrected chi connectivity index (χ1v) is 14.5. The number of ketones is 1. The lowest BCUT2D eigenvalue weighted by atomic mass is 9.72. The smallest absolute Gasteiger partial charge is 0.232 e. The van der Waals surface area contributed by atoms with Gasteiger partial charge in [0.1, 0.15) is 11.6 Å². The van der Waals surface area contributed by atoms with Gasteiger partial charge in [0.15, 0.2) is 15.6 Å². The summed E-state index contributed by atoms with van der Waals surface area (Å²) in [7, 11) is -3.37. The van der Waals surface area contributed by atoms with Crippen molar-refractivity contribution in [3.05, 3.63) is 60.2 Å². The van der Waals surface area contributed by atoms with E-state index in [-0.39, 0.29) is 23.8 Å². The van der Waals surface area contributed by atoms with E-state index in [1.807, 2.05) is 19.1 Å². The zero-order valence-corrected chi connectivity index (χ0v) is 22.4. The van der Waals surface area contributed by atoms with Crippen LogP contribution in [0.15, 0.2) is 43.0 Å². The van der Waals surface area contributed by atoms with Gasteiger partial charge >= 0.3 is 0 Å². The first kappa shape index (κ1) is 26.3. The molecule has 0 N–H and O–H groups in total. The Kier molecular flexibility index (Phi) is 7.23. The Labute approximate surface area is 222 Å². The first-order chi connectivity index (χ1) is 18.2. The molecule has 38 heavy (non-hydrogen) atoms. The molecule has 11 heteroatoms. The molecule has 0 atom stereocenters. The summed E-state index contributed by atoms with van der Waals surface area (Å²) < 4.78 is 35.9. The van der Waals surface area contributed by atoms with Gasteiger partial charge < -0.3 is 9.47 Å². The highest BCUT2D eigenvalue weighted by Crippen LogP contribution is 2.44. The molecule has 0 amide bonds. The molecule has 1 saturated carbocycles. The minimum atomic E-state index is -3.37. The van der Waals surface area contributed by atoms with Crippen LogP contribution in [0, 0.1) is 0 Å². The number of pyridine rings is 1. The van der Waals surface area contributed by atoms with Crippen LogP contribution in [0.25, 0.3) is 11.3 Å². The van der Waals surface area contributed by atoms with Gasteiger partial charge in [-0.2, -0.15) is 0 Å². The van der Waals surface area contributed by atoms with Crippen LogP contribution in [0.5, 0.6) is 5.88 Å². The summed E-state index contributed by atoms with van der Waals surface area (Å²) in [5.41, 5.74) is 1.68. The lowest BCUT2D eigenvalue weighted by molar-refractivity contribution is -0.127. The minimum absolute atomic E-state index is 0.0270. The molecule has 200 valence electrons. The summed E-state index contributed by atoms with van der Waals surface area (Å²) in [5, 5.41) is 0. The Bertz CT molecular complexity index is 1420. The summed E-state index contributed by atoms with van der Waals surface area (Å²) in [6.07, 6.45) is 8.77. The molecule has 0 aromatic carbocycles. The van der Waals surface area contributed by atoms with E-state index in [1.165, 1.54) is 0 Å². The molecule has 1 saturated heterocycles. The predicted octanol–water partition coefficient (Wildman–Crippen LogP) is 3.05. The third-order valence-electron chi connectivity index (χ3n) is 7.47. The molecule has 3 aromatic heterocycles. The van der Waals surface area contributed by atoms with Crippen molar-refractivity contribution < 1.29 is 22.7 Å². The third kappa shape index (κ3) is 5.30. The SMILES string of the molecule is CCOc1cncc(-c2ccc(CC(=O)C3(c4ccnc(CS(=O)(=O)C5(C)CC5)n4)CCOCC3)nc2)n1. The monoisotopic (exact) mass is 537 g/mol. The van der Waals surface area contributed by atoms with Crippen LogP contribution in [-0.2, 0) is 37.0 Å². The number of carbonyl (C=O) groups excluding carboxylic acids is 1. The van der Waals surface area contributed by atoms with Crippen molar-refractivity contribution in [1.29, 1.82) is 0 Å². The topological polar surface area (TPSA) is 134 Å². The van der Waals surface area contributed by atoms with Crippen molar-refractivity contribution in [2.24, 2.45) is 0 Å². The molecule has 0 bridgehead atoms. The molecule has 5 rings (SSSR count). The fraction of sp³-hybridized carbons (Fsp3) is 0.481. The van der Waals surface area contributed by atoms with Gasteiger partial charge in [0, 0.05) is 43.3 Å². The van der Waals surface area contributed by atoms with Crippen LogP contribution >= 0.6 is 0 Å². The van der Waals surface area contributed by atoms with E-state index in [0.717, 1.165) is 5.56 Å². The van der Waals surface area contributed by atoms with Crippen molar-refractivity contribution in [3.63, 3.8) is 0 Å². The number of sulfone groups is 1. The van der Waals surface area contributed by atoms with Crippen LogP contribution in [0.3, 0.4) is 0 Å². The van der Waals surface area contributed by atoms with Crippen molar-refractivity contribution in [3.8, 4) is 17.1 Å². The van der Waals surface area contributed by atoms with Gasteiger partial charge in [-0.15, -0.1) is 0 Å². The summed E-state index contributed by atoms with van der Waals surface area (Å²) in [4.78, 5) is 35.8. The van der Waals surface area contributed by atoms with Crippen molar-refractivity contribution in [1.82, 2.24) is 24.9 Å². The quantitative estimate of drug-likeness (QED) is 0.380. The molecule has 3 aromatic rings. The number of carbonyl (C=O) groups is 1. The second kappa shape index (κ2) is 10.5. The molecule has 0 radical (unpaired) electrons. The molecule has 10 nitrogen and oxygen atoms in total. The van der Waals surface area contributed by atoms with Gasteiger partial charge in [-0.05, 0) is 57.7 Å². The Morgan fingerprint density at radius 2 is 1.82 bits per heavy atom. The van der Waals surface area contributed by atoms with Crippen LogP contribution in [-0.4, -0.2) is 63.7 Å². The molecule has 1 aliphatic carbocycles. The number of rotatable bonds is 10. The maximum atomic E-state index is 13.8. The normalized spacial score (nSPS) is 18.1. The molecule has 0 spiro atoms. The van der Waals surface area contributed by atoms with E-state index >= 15 is 0 Å². The predicted molar refractivity (Wildman–Crippen MR) is 139 cm³/mol. The van der Waals surface area contributed by atoms with E-state index in [0.29, 0.717) is 68.5 Å². The van der Waals surface area contributed by atoms with Crippen LogP contribution in [0.2, 0.25) is 0 Å². The highest BCUT2D eigenvalue weighted by molar-refractivity contribution is 7.92. The zero-order valence-electron chi connectivity index (χ0n) is 21.6. The number of aromatic nitrogens is 5. The van der Waals surface area contributed by atoms with Gasteiger partial charge in [0.05, 0.1) is 40.6 Å². The van der Waals surface area contributed by atoms with Gasteiger partial charge in [-0.1, -0.05) is 0 Å². The van der Waals surface area contributed by atoms with Crippen LogP contribution in [0.1, 0.15) is 56.7 Å². The minimum Gasteiger partial charge on any atom is -0.477 e. The number of hydrogen-bond donors (Lipinski definition) is 0. The molecule has 4 heterocycles. The Morgan fingerprint density at radius 1 is 1.03 bits per heavy atom. The van der Waals surface area contributed by atoms with E-state index in [2.05, 4.69) is 24.9 Å². The summed E-state index contributed by atoms with van der Waals surface area (Å²) in [6, 6.07) is 5.39. The summed E-state index contributed by atoms with van der Waals surface area (Å²) in [6.45, 7) is 4.97. The maximum absolute atomic E-state index is 13.8. The van der Waals surface area contributed by atoms with Crippen LogP contribution in [0.4, 0.5) is 0 Å². The Hall–Kier alpha value is -3.31. The molecule has 2 aliphatic rings. The molecular formula is C27H31N5O5S. The van der Waals surface area contributed by atoms with E-state index < -0.39 is 20.0 Å². The van der Waals surface area contributed by atoms with Gasteiger partial charge in [-0.3, -0.25) is 14.8 Å². The highest BCUT2D eigenvalue weighted by Gasteiger charge is 2.50. The summed E-state index contributed by atoms with van der Waals surface area (Å²) >= 11 is 0. The zero-order chi connectivity index (χ0) is 26.8. The fourth-order valence-electron chi connectivity index (χ4n) is 4.68. The number of Topliss-reactive ketones (excluding diaryl/α,β-unsaturated/α-hetero) is 1. The van der Waals surface area contributed by atoms with Gasteiger partial charge in [0.2, 0.25) is 5.88 Å². The average molecular weight is 538 g/mol. The van der Waals surface area contributed by atoms with E-state index in [4.69, 9.17) is 9.47 Å². The van der Waals surface area contributed by atoms with Gasteiger partial charge in [-0.25, -0.2) is 23.4 Å². The second-order valence-corrected chi connectivity index (χ2v) is 12.6. The average Bonchev–Trinajstić information content (AvgIpc) is 3.69. The Balaban J connectivity index is 1.37. The molecular weight excluding hydrogens is 506 g/mol. The maximum Gasteiger partial charge on any atom is 0.232 e. The number of ether oxygens (including phenoxy) is 2. The Morgan fingerprint density at radius 3 is 2.50 bits per heavy atom. The van der Waals surface area contributed by atoms with Crippen molar-refractivity contribution in [2.45, 2.75) is 61.9 Å². The molecule has 0 unspecified atom stereocenters. The first-order valence-electron chi connectivity index (χ1n) is 12.8. The third-order valence-corrected chi connectivity index (χ3v) is 10.0. The van der Waals surface area contributed by atoms with Crippen molar-refractivity contribution in [2.75, 3.05) is 19.8 Å². The van der Waals surface area contributed by atoms with Crippen molar-refractivity contribution >= 4 is 15.6 Å². The van der Waals surface area contributed by atoms with E-state index in [9.17, 15) is 13.2 Å². The largest absolute Gasteiger partial charge is 0.477 e. The van der Waals surface area contributed by atoms with Gasteiger partial charge in [0.25, 0.3) is 0 Å². The fourth-order valence-corrected chi connectivity index (χ4v) is 6.23. The lowest BCUT2D eigenvalue weighted by Crippen LogP contribution is -2.43. The number of nitrogens with zero attached hydrogens (tertiary/aromatic N) is 5. The highest BCUT2D eigenvalue weighted by atomic mass is 32.2. The molecule has 1 aliphatic heterocycles. The standard InChI is InChI=1S/C27H31N5O5S/c1-3-37-25-17-28-16-21(31-25)19-4-5-20(30-15-19)14-23(33)27(9-12-36-13-10-27)22-6-11-29-24(32-22)18-38(34,35)26(2)7-8-26/h4-6,11,15-17H,3,7-10,12-14,18H2,1-2H3. The van der Waals surface area contributed by atoms with E-state index in [1.54, 1.807) is 37.8 Å². The van der Waals surface area contributed by atoms with Crippen LogP contribution < -0.4 is 4.74 Å². The lowest BCUT2D eigenvalue weighted by Gasteiger charge is -2.35. The number of hydrogen-bond acceptors (Lipinski definition) is 10. The second-order valence-electron chi connectivity index (χ2n) is 10.1. The molecule has 2 fully saturated rings.